The van der Waals surface area contributed by atoms with Crippen molar-refractivity contribution in [1.82, 2.24) is 9.80 Å². The Hall–Kier alpha value is -1.82. The van der Waals surface area contributed by atoms with Crippen molar-refractivity contribution in [3.8, 4) is 11.5 Å². The van der Waals surface area contributed by atoms with Gasteiger partial charge in [-0.3, -0.25) is 9.69 Å². The summed E-state index contributed by atoms with van der Waals surface area (Å²) < 4.78 is 24.1. The molecule has 0 radical (unpaired) electrons. The molecular weight excluding hydrogens is 323 g/mol. The summed E-state index contributed by atoms with van der Waals surface area (Å²) in [4.78, 5) is 16.4. The van der Waals surface area contributed by atoms with E-state index in [4.69, 9.17) is 9.47 Å². The first-order valence-corrected chi connectivity index (χ1v) is 9.26. The number of hydrogen-bond acceptors (Lipinski definition) is 4. The minimum absolute atomic E-state index is 0.162. The summed E-state index contributed by atoms with van der Waals surface area (Å²) in [5.74, 6) is 1.79. The number of fused-ring (bicyclic) bond motifs is 5. The number of carbonyl (C=O) groups is 1. The Morgan fingerprint density at radius 3 is 2.92 bits per heavy atom. The lowest BCUT2D eigenvalue weighted by Gasteiger charge is -2.52. The van der Waals surface area contributed by atoms with Crippen LogP contribution in [0.1, 0.15) is 36.4 Å². The van der Waals surface area contributed by atoms with Gasteiger partial charge in [-0.1, -0.05) is 0 Å². The maximum Gasteiger partial charge on any atom is 0.254 e. The van der Waals surface area contributed by atoms with Gasteiger partial charge in [0.25, 0.3) is 5.91 Å². The zero-order chi connectivity index (χ0) is 17.0. The van der Waals surface area contributed by atoms with Crippen LogP contribution in [-0.4, -0.2) is 54.9 Å². The smallest absolute Gasteiger partial charge is 0.254 e. The lowest BCUT2D eigenvalue weighted by Crippen LogP contribution is -2.57. The zero-order valence-corrected chi connectivity index (χ0v) is 14.2. The molecule has 134 valence electrons. The van der Waals surface area contributed by atoms with Gasteiger partial charge in [0.15, 0.2) is 18.2 Å². The second-order valence-corrected chi connectivity index (χ2v) is 7.59. The lowest BCUT2D eigenvalue weighted by atomic mass is 9.76. The predicted octanol–water partition coefficient (Wildman–Crippen LogP) is 2.29. The molecule has 0 aliphatic carbocycles. The average molecular weight is 346 g/mol. The van der Waals surface area contributed by atoms with Crippen LogP contribution in [0.4, 0.5) is 4.39 Å². The van der Waals surface area contributed by atoms with Crippen LogP contribution >= 0.6 is 0 Å². The van der Waals surface area contributed by atoms with Crippen molar-refractivity contribution in [1.29, 1.82) is 0 Å². The second-order valence-electron chi connectivity index (χ2n) is 7.59. The summed E-state index contributed by atoms with van der Waals surface area (Å²) in [6.45, 7) is 2.14. The summed E-state index contributed by atoms with van der Waals surface area (Å²) in [5, 5.41) is 0. The van der Waals surface area contributed by atoms with Crippen molar-refractivity contribution in [2.45, 2.75) is 37.8 Å². The van der Waals surface area contributed by atoms with E-state index >= 15 is 0 Å². The molecule has 0 N–H and O–H groups in total. The highest BCUT2D eigenvalue weighted by molar-refractivity contribution is 5.77. The molecule has 4 aliphatic rings. The summed E-state index contributed by atoms with van der Waals surface area (Å²) in [6.07, 6.45) is 4.04. The number of hydrogen-bond donors (Lipinski definition) is 0. The summed E-state index contributed by atoms with van der Waals surface area (Å²) in [5.41, 5.74) is 2.62. The van der Waals surface area contributed by atoms with E-state index in [-0.39, 0.29) is 24.8 Å². The fourth-order valence-electron chi connectivity index (χ4n) is 5.22. The van der Waals surface area contributed by atoms with E-state index in [0.717, 1.165) is 50.3 Å². The van der Waals surface area contributed by atoms with E-state index < -0.39 is 6.67 Å². The number of nitrogens with zero attached hydrogens (tertiary/aromatic N) is 2. The molecule has 2 fully saturated rings. The molecule has 5 nitrogen and oxygen atoms in total. The van der Waals surface area contributed by atoms with Gasteiger partial charge in [-0.25, -0.2) is 4.39 Å². The van der Waals surface area contributed by atoms with E-state index in [9.17, 15) is 9.18 Å². The molecule has 4 heterocycles. The molecule has 1 aromatic carbocycles. The van der Waals surface area contributed by atoms with E-state index in [1.54, 1.807) is 0 Å². The molecule has 6 heteroatoms. The zero-order valence-electron chi connectivity index (χ0n) is 14.2. The standard InChI is InChI=1S/C19H23FN2O3/c20-9-19(23)22-4-1-2-13-10-21-5-3-12-6-17-18(25-11-24-17)7-14(12)16(21)8-15(13)22/h6-7,13,15-16H,1-5,8-11H2. The molecule has 4 aliphatic heterocycles. The molecule has 25 heavy (non-hydrogen) atoms. The van der Waals surface area contributed by atoms with E-state index in [2.05, 4.69) is 17.0 Å². The van der Waals surface area contributed by atoms with Gasteiger partial charge in [0.05, 0.1) is 0 Å². The van der Waals surface area contributed by atoms with Crippen LogP contribution in [0.3, 0.4) is 0 Å². The van der Waals surface area contributed by atoms with Crippen molar-refractivity contribution in [3.63, 3.8) is 0 Å². The highest BCUT2D eigenvalue weighted by Crippen LogP contribution is 2.46. The van der Waals surface area contributed by atoms with Crippen molar-refractivity contribution >= 4 is 5.91 Å². The van der Waals surface area contributed by atoms with Crippen LogP contribution in [0.25, 0.3) is 0 Å². The van der Waals surface area contributed by atoms with Crippen LogP contribution < -0.4 is 9.47 Å². The first-order chi connectivity index (χ1) is 12.2. The van der Waals surface area contributed by atoms with Gasteiger partial charge in [-0.05, 0) is 54.9 Å². The minimum Gasteiger partial charge on any atom is -0.454 e. The van der Waals surface area contributed by atoms with Gasteiger partial charge < -0.3 is 14.4 Å². The quantitative estimate of drug-likeness (QED) is 0.783. The third-order valence-electron chi connectivity index (χ3n) is 6.39. The van der Waals surface area contributed by atoms with Crippen molar-refractivity contribution < 1.29 is 18.7 Å². The molecule has 0 spiro atoms. The lowest BCUT2D eigenvalue weighted by molar-refractivity contribution is -0.140. The topological polar surface area (TPSA) is 42.0 Å². The number of alkyl halides is 1. The van der Waals surface area contributed by atoms with Crippen molar-refractivity contribution in [3.05, 3.63) is 23.3 Å². The molecule has 3 unspecified atom stereocenters. The highest BCUT2D eigenvalue weighted by Gasteiger charge is 2.44. The Morgan fingerprint density at radius 1 is 1.24 bits per heavy atom. The van der Waals surface area contributed by atoms with Gasteiger partial charge in [0.1, 0.15) is 0 Å². The molecule has 5 rings (SSSR count). The largest absolute Gasteiger partial charge is 0.454 e. The van der Waals surface area contributed by atoms with E-state index in [0.29, 0.717) is 12.5 Å². The number of likely N-dealkylation sites (tertiary alicyclic amines) is 1. The number of ether oxygens (including phenoxy) is 2. The monoisotopic (exact) mass is 346 g/mol. The van der Waals surface area contributed by atoms with Crippen LogP contribution in [0, 0.1) is 5.92 Å². The molecule has 2 saturated heterocycles. The number of halogens is 1. The first-order valence-electron chi connectivity index (χ1n) is 9.26. The molecular formula is C19H23FN2O3. The van der Waals surface area contributed by atoms with Crippen LogP contribution in [-0.2, 0) is 11.2 Å². The Bertz CT molecular complexity index is 710. The van der Waals surface area contributed by atoms with E-state index in [1.807, 2.05) is 4.90 Å². The predicted molar refractivity (Wildman–Crippen MR) is 89.4 cm³/mol. The van der Waals surface area contributed by atoms with Crippen LogP contribution in [0.2, 0.25) is 0 Å². The summed E-state index contributed by atoms with van der Waals surface area (Å²) in [7, 11) is 0. The fourth-order valence-corrected chi connectivity index (χ4v) is 5.22. The SMILES string of the molecule is O=C(CF)N1CCCC2CN3CCc4cc5c(cc4C3CC21)OCO5. The molecule has 1 aromatic rings. The molecule has 1 amide bonds. The minimum atomic E-state index is -0.882. The number of rotatable bonds is 1. The molecule has 0 aromatic heterocycles. The Balaban J connectivity index is 1.48. The molecule has 0 bridgehead atoms. The summed E-state index contributed by atoms with van der Waals surface area (Å²) >= 11 is 0. The maximum atomic E-state index is 13.0. The van der Waals surface area contributed by atoms with Crippen LogP contribution in [0.15, 0.2) is 12.1 Å². The van der Waals surface area contributed by atoms with Crippen LogP contribution in [0.5, 0.6) is 11.5 Å². The maximum absolute atomic E-state index is 13.0. The third-order valence-corrected chi connectivity index (χ3v) is 6.39. The average Bonchev–Trinajstić information content (AvgIpc) is 3.11. The normalized spacial score (nSPS) is 30.4. The van der Waals surface area contributed by atoms with Gasteiger partial charge in [0.2, 0.25) is 6.79 Å². The Morgan fingerprint density at radius 2 is 2.08 bits per heavy atom. The first kappa shape index (κ1) is 15.4. The highest BCUT2D eigenvalue weighted by atomic mass is 19.1. The van der Waals surface area contributed by atoms with Gasteiger partial charge in [-0.2, -0.15) is 0 Å². The van der Waals surface area contributed by atoms with E-state index in [1.165, 1.54) is 11.1 Å². The Labute approximate surface area is 146 Å². The van der Waals surface area contributed by atoms with Crippen molar-refractivity contribution in [2.24, 2.45) is 5.92 Å². The molecule has 3 atom stereocenters. The Kier molecular flexibility index (Phi) is 3.62. The fraction of sp³-hybridized carbons (Fsp3) is 0.632. The van der Waals surface area contributed by atoms with Crippen molar-refractivity contribution in [2.75, 3.05) is 33.1 Å². The number of piperidine rings is 2. The molecule has 0 saturated carbocycles. The number of carbonyl (C=O) groups excluding carboxylic acids is 1. The van der Waals surface area contributed by atoms with Gasteiger partial charge >= 0.3 is 0 Å². The summed E-state index contributed by atoms with van der Waals surface area (Å²) in [6, 6.07) is 4.69. The second kappa shape index (κ2) is 5.87. The third kappa shape index (κ3) is 2.41. The number of amides is 1. The van der Waals surface area contributed by atoms with Gasteiger partial charge in [-0.15, -0.1) is 0 Å². The van der Waals surface area contributed by atoms with Gasteiger partial charge in [0, 0.05) is 31.7 Å². The number of benzene rings is 1.